The lowest BCUT2D eigenvalue weighted by atomic mass is 10.1. The van der Waals surface area contributed by atoms with Crippen LogP contribution in [0, 0.1) is 6.92 Å². The molecule has 0 unspecified atom stereocenters. The number of hydrogen-bond acceptors (Lipinski definition) is 1. The summed E-state index contributed by atoms with van der Waals surface area (Å²) in [6, 6.07) is 14.5. The van der Waals surface area contributed by atoms with Crippen molar-refractivity contribution in [1.82, 2.24) is 0 Å². The third-order valence-corrected chi connectivity index (χ3v) is 3.81. The molecule has 18 heavy (non-hydrogen) atoms. The number of rotatable bonds is 4. The molecule has 0 aliphatic carbocycles. The molecule has 0 heterocycles. The van der Waals surface area contributed by atoms with Gasteiger partial charge in [-0.3, -0.25) is 0 Å². The number of benzene rings is 2. The molecular formula is C16H17BrO. The molecule has 0 aliphatic heterocycles. The van der Waals surface area contributed by atoms with Gasteiger partial charge in [0.2, 0.25) is 0 Å². The van der Waals surface area contributed by atoms with Crippen LogP contribution in [0.5, 0.6) is 5.75 Å². The Morgan fingerprint density at radius 1 is 1.11 bits per heavy atom. The Morgan fingerprint density at radius 3 is 2.50 bits per heavy atom. The van der Waals surface area contributed by atoms with Crippen LogP contribution in [0.3, 0.4) is 0 Å². The Hall–Kier alpha value is -1.28. The third-order valence-electron chi connectivity index (χ3n) is 2.96. The number of ether oxygens (including phenoxy) is 1. The van der Waals surface area contributed by atoms with E-state index in [1.54, 1.807) is 0 Å². The predicted octanol–water partition coefficient (Wildman–Crippen LogP) is 4.90. The van der Waals surface area contributed by atoms with Crippen LogP contribution in [0.2, 0.25) is 0 Å². The van der Waals surface area contributed by atoms with Gasteiger partial charge in [-0.05, 0) is 36.1 Å². The summed E-state index contributed by atoms with van der Waals surface area (Å²) < 4.78 is 7.02. The zero-order chi connectivity index (χ0) is 13.0. The topological polar surface area (TPSA) is 9.23 Å². The normalized spacial score (nSPS) is 10.4. The molecule has 0 aliphatic rings. The van der Waals surface area contributed by atoms with E-state index in [0.29, 0.717) is 6.61 Å². The maximum atomic E-state index is 5.92. The molecule has 0 radical (unpaired) electrons. The van der Waals surface area contributed by atoms with Crippen molar-refractivity contribution in [3.63, 3.8) is 0 Å². The van der Waals surface area contributed by atoms with E-state index in [9.17, 15) is 0 Å². The molecule has 2 aromatic carbocycles. The summed E-state index contributed by atoms with van der Waals surface area (Å²) in [5, 5.41) is 0. The summed E-state index contributed by atoms with van der Waals surface area (Å²) in [5.74, 6) is 0.971. The van der Waals surface area contributed by atoms with Gasteiger partial charge >= 0.3 is 0 Å². The van der Waals surface area contributed by atoms with Crippen LogP contribution in [0.1, 0.15) is 23.6 Å². The zero-order valence-electron chi connectivity index (χ0n) is 10.7. The molecule has 0 bridgehead atoms. The smallest absolute Gasteiger partial charge is 0.124 e. The standard InChI is InChI=1S/C16H17BrO/c1-3-14-9-12(2)15(17)10-16(14)18-11-13-7-5-4-6-8-13/h4-10H,3,11H2,1-2H3. The minimum atomic E-state index is 0.614. The molecule has 0 saturated heterocycles. The van der Waals surface area contributed by atoms with Gasteiger partial charge < -0.3 is 4.74 Å². The van der Waals surface area contributed by atoms with Crippen molar-refractivity contribution in [2.24, 2.45) is 0 Å². The van der Waals surface area contributed by atoms with Crippen LogP contribution in [0.15, 0.2) is 46.9 Å². The minimum Gasteiger partial charge on any atom is -0.489 e. The van der Waals surface area contributed by atoms with Crippen molar-refractivity contribution < 1.29 is 4.74 Å². The van der Waals surface area contributed by atoms with Crippen molar-refractivity contribution in [2.75, 3.05) is 0 Å². The quantitative estimate of drug-likeness (QED) is 0.780. The molecule has 2 rings (SSSR count). The molecule has 0 amide bonds. The highest BCUT2D eigenvalue weighted by Gasteiger charge is 2.06. The van der Waals surface area contributed by atoms with Crippen molar-refractivity contribution in [2.45, 2.75) is 26.9 Å². The maximum absolute atomic E-state index is 5.92. The summed E-state index contributed by atoms with van der Waals surface area (Å²) in [4.78, 5) is 0. The SMILES string of the molecule is CCc1cc(C)c(Br)cc1OCc1ccccc1. The molecule has 0 aromatic heterocycles. The number of aryl methyl sites for hydroxylation is 2. The second kappa shape index (κ2) is 6.05. The van der Waals surface area contributed by atoms with E-state index in [-0.39, 0.29) is 0 Å². The van der Waals surface area contributed by atoms with E-state index in [4.69, 9.17) is 4.74 Å². The summed E-state index contributed by atoms with van der Waals surface area (Å²) in [7, 11) is 0. The van der Waals surface area contributed by atoms with Crippen LogP contribution >= 0.6 is 15.9 Å². The fourth-order valence-corrected chi connectivity index (χ4v) is 2.19. The zero-order valence-corrected chi connectivity index (χ0v) is 12.3. The maximum Gasteiger partial charge on any atom is 0.124 e. The summed E-state index contributed by atoms with van der Waals surface area (Å²) in [5.41, 5.74) is 3.70. The molecule has 0 N–H and O–H groups in total. The lowest BCUT2D eigenvalue weighted by Crippen LogP contribution is -1.99. The Bertz CT molecular complexity index is 520. The third kappa shape index (κ3) is 3.14. The first kappa shape index (κ1) is 13.2. The van der Waals surface area contributed by atoms with Gasteiger partial charge in [0, 0.05) is 4.47 Å². The Balaban J connectivity index is 2.16. The van der Waals surface area contributed by atoms with Gasteiger partial charge in [0.1, 0.15) is 12.4 Å². The fourth-order valence-electron chi connectivity index (χ4n) is 1.87. The van der Waals surface area contributed by atoms with E-state index in [1.807, 2.05) is 18.2 Å². The van der Waals surface area contributed by atoms with Crippen molar-refractivity contribution in [1.29, 1.82) is 0 Å². The van der Waals surface area contributed by atoms with Crippen LogP contribution in [0.25, 0.3) is 0 Å². The van der Waals surface area contributed by atoms with Gasteiger partial charge in [-0.15, -0.1) is 0 Å². The van der Waals surface area contributed by atoms with Gasteiger partial charge in [-0.1, -0.05) is 59.3 Å². The van der Waals surface area contributed by atoms with E-state index >= 15 is 0 Å². The summed E-state index contributed by atoms with van der Waals surface area (Å²) in [6.45, 7) is 4.87. The average Bonchev–Trinajstić information content (AvgIpc) is 2.41. The van der Waals surface area contributed by atoms with Crippen molar-refractivity contribution in [3.8, 4) is 5.75 Å². The van der Waals surface area contributed by atoms with Crippen LogP contribution in [0.4, 0.5) is 0 Å². The van der Waals surface area contributed by atoms with E-state index in [1.165, 1.54) is 16.7 Å². The fraction of sp³-hybridized carbons (Fsp3) is 0.250. The Labute approximate surface area is 117 Å². The lowest BCUT2D eigenvalue weighted by molar-refractivity contribution is 0.303. The molecule has 2 heteroatoms. The highest BCUT2D eigenvalue weighted by molar-refractivity contribution is 9.10. The van der Waals surface area contributed by atoms with Gasteiger partial charge in [0.25, 0.3) is 0 Å². The van der Waals surface area contributed by atoms with Gasteiger partial charge in [-0.2, -0.15) is 0 Å². The number of hydrogen-bond donors (Lipinski definition) is 0. The molecule has 0 fully saturated rings. The highest BCUT2D eigenvalue weighted by Crippen LogP contribution is 2.28. The summed E-state index contributed by atoms with van der Waals surface area (Å²) >= 11 is 3.56. The lowest BCUT2D eigenvalue weighted by Gasteiger charge is -2.12. The first-order valence-electron chi connectivity index (χ1n) is 6.16. The second-order valence-electron chi connectivity index (χ2n) is 4.34. The first-order chi connectivity index (χ1) is 8.70. The average molecular weight is 305 g/mol. The molecule has 0 spiro atoms. The van der Waals surface area contributed by atoms with Crippen LogP contribution in [-0.2, 0) is 13.0 Å². The van der Waals surface area contributed by atoms with Crippen molar-refractivity contribution >= 4 is 15.9 Å². The van der Waals surface area contributed by atoms with Gasteiger partial charge in [0.15, 0.2) is 0 Å². The molecule has 2 aromatic rings. The molecule has 0 atom stereocenters. The van der Waals surface area contributed by atoms with E-state index in [0.717, 1.165) is 16.6 Å². The highest BCUT2D eigenvalue weighted by atomic mass is 79.9. The summed E-state index contributed by atoms with van der Waals surface area (Å²) in [6.07, 6.45) is 0.984. The Morgan fingerprint density at radius 2 is 1.83 bits per heavy atom. The first-order valence-corrected chi connectivity index (χ1v) is 6.95. The molecule has 0 saturated carbocycles. The van der Waals surface area contributed by atoms with Gasteiger partial charge in [-0.25, -0.2) is 0 Å². The van der Waals surface area contributed by atoms with Crippen molar-refractivity contribution in [3.05, 3.63) is 63.6 Å². The van der Waals surface area contributed by atoms with E-state index < -0.39 is 0 Å². The Kier molecular flexibility index (Phi) is 4.43. The minimum absolute atomic E-state index is 0.614. The molecular weight excluding hydrogens is 288 g/mol. The van der Waals surface area contributed by atoms with Crippen LogP contribution in [-0.4, -0.2) is 0 Å². The van der Waals surface area contributed by atoms with E-state index in [2.05, 4.69) is 54.0 Å². The van der Waals surface area contributed by atoms with Gasteiger partial charge in [0.05, 0.1) is 0 Å². The largest absolute Gasteiger partial charge is 0.489 e. The molecule has 94 valence electrons. The predicted molar refractivity (Wildman–Crippen MR) is 79.0 cm³/mol. The molecule has 1 nitrogen and oxygen atoms in total. The number of halogens is 1. The van der Waals surface area contributed by atoms with Crippen LogP contribution < -0.4 is 4.74 Å². The monoisotopic (exact) mass is 304 g/mol. The second-order valence-corrected chi connectivity index (χ2v) is 5.19.